The van der Waals surface area contributed by atoms with Crippen LogP contribution in [-0.4, -0.2) is 34.7 Å². The van der Waals surface area contributed by atoms with Gasteiger partial charge in [0.15, 0.2) is 0 Å². The van der Waals surface area contributed by atoms with Crippen molar-refractivity contribution in [2.45, 2.75) is 39.3 Å². The number of carbonyl (C=O) groups excluding carboxylic acids is 3. The quantitative estimate of drug-likeness (QED) is 0.841. The molecule has 0 radical (unpaired) electrons. The lowest BCUT2D eigenvalue weighted by Gasteiger charge is -2.19. The molecule has 0 saturated carbocycles. The van der Waals surface area contributed by atoms with E-state index in [0.717, 1.165) is 10.0 Å². The highest BCUT2D eigenvalue weighted by molar-refractivity contribution is 9.10. The van der Waals surface area contributed by atoms with Crippen molar-refractivity contribution in [3.05, 3.63) is 20.3 Å². The zero-order valence-corrected chi connectivity index (χ0v) is 13.8. The van der Waals surface area contributed by atoms with E-state index in [0.29, 0.717) is 4.88 Å². The van der Waals surface area contributed by atoms with Gasteiger partial charge in [0, 0.05) is 10.5 Å². The van der Waals surface area contributed by atoms with Crippen LogP contribution in [-0.2, 0) is 9.59 Å². The predicted octanol–water partition coefficient (Wildman–Crippen LogP) is 2.08. The lowest BCUT2D eigenvalue weighted by molar-refractivity contribution is -0.140. The molecule has 0 spiro atoms. The summed E-state index contributed by atoms with van der Waals surface area (Å²) >= 11 is 4.66. The molecule has 1 saturated heterocycles. The highest BCUT2D eigenvalue weighted by Crippen LogP contribution is 2.28. The molecule has 20 heavy (non-hydrogen) atoms. The summed E-state index contributed by atoms with van der Waals surface area (Å²) in [6.45, 7) is 5.44. The third-order valence-electron chi connectivity index (χ3n) is 3.11. The normalized spacial score (nSPS) is 19.1. The van der Waals surface area contributed by atoms with Crippen LogP contribution >= 0.6 is 27.3 Å². The molecule has 1 aromatic heterocycles. The van der Waals surface area contributed by atoms with Crippen LogP contribution in [0.1, 0.15) is 35.5 Å². The molecular formula is C13H15BrN2O3S. The Morgan fingerprint density at radius 2 is 2.15 bits per heavy atom. The summed E-state index contributed by atoms with van der Waals surface area (Å²) in [6.07, 6.45) is 0.0325. The number of carbonyl (C=O) groups is 3. The van der Waals surface area contributed by atoms with E-state index in [1.54, 1.807) is 13.8 Å². The van der Waals surface area contributed by atoms with Crippen molar-refractivity contribution in [3.63, 3.8) is 0 Å². The Bertz CT molecular complexity index is 582. The number of likely N-dealkylation sites (tertiary alicyclic amines) is 1. The van der Waals surface area contributed by atoms with Crippen molar-refractivity contribution >= 4 is 45.0 Å². The van der Waals surface area contributed by atoms with E-state index in [2.05, 4.69) is 21.2 Å². The van der Waals surface area contributed by atoms with Crippen molar-refractivity contribution in [2.24, 2.45) is 0 Å². The number of rotatable bonds is 3. The number of halogens is 1. The SMILES string of the molecule is Cc1csc(C(=O)NC2CC(=O)N(C(C)C)C2=O)c1Br. The maximum absolute atomic E-state index is 12.2. The summed E-state index contributed by atoms with van der Waals surface area (Å²) in [5.41, 5.74) is 0.970. The van der Waals surface area contributed by atoms with E-state index in [1.165, 1.54) is 16.2 Å². The smallest absolute Gasteiger partial charge is 0.263 e. The van der Waals surface area contributed by atoms with Crippen LogP contribution < -0.4 is 5.32 Å². The van der Waals surface area contributed by atoms with E-state index in [-0.39, 0.29) is 30.2 Å². The van der Waals surface area contributed by atoms with Gasteiger partial charge in [0.2, 0.25) is 5.91 Å². The minimum Gasteiger partial charge on any atom is -0.339 e. The summed E-state index contributed by atoms with van der Waals surface area (Å²) in [4.78, 5) is 37.7. The highest BCUT2D eigenvalue weighted by Gasteiger charge is 2.40. The van der Waals surface area contributed by atoms with E-state index in [9.17, 15) is 14.4 Å². The highest BCUT2D eigenvalue weighted by atomic mass is 79.9. The number of aryl methyl sites for hydroxylation is 1. The lowest BCUT2D eigenvalue weighted by Crippen LogP contribution is -2.43. The van der Waals surface area contributed by atoms with E-state index in [1.807, 2.05) is 12.3 Å². The first-order valence-electron chi connectivity index (χ1n) is 6.23. The van der Waals surface area contributed by atoms with Gasteiger partial charge in [0.05, 0.1) is 6.42 Å². The van der Waals surface area contributed by atoms with Crippen molar-refractivity contribution in [1.82, 2.24) is 10.2 Å². The number of imide groups is 1. The van der Waals surface area contributed by atoms with Gasteiger partial charge in [0.25, 0.3) is 11.8 Å². The summed E-state index contributed by atoms with van der Waals surface area (Å²) in [5, 5.41) is 4.51. The fourth-order valence-electron chi connectivity index (χ4n) is 2.11. The Morgan fingerprint density at radius 1 is 1.50 bits per heavy atom. The summed E-state index contributed by atoms with van der Waals surface area (Å²) in [5.74, 6) is -0.897. The zero-order chi connectivity index (χ0) is 15.0. The molecule has 1 aromatic rings. The molecule has 5 nitrogen and oxygen atoms in total. The van der Waals surface area contributed by atoms with Gasteiger partial charge in [0.1, 0.15) is 10.9 Å². The Labute approximate surface area is 129 Å². The van der Waals surface area contributed by atoms with E-state index >= 15 is 0 Å². The lowest BCUT2D eigenvalue weighted by atomic mass is 10.2. The predicted molar refractivity (Wildman–Crippen MR) is 79.6 cm³/mol. The monoisotopic (exact) mass is 358 g/mol. The topological polar surface area (TPSA) is 66.5 Å². The fourth-order valence-corrected chi connectivity index (χ4v) is 3.68. The molecule has 0 aliphatic carbocycles. The molecule has 0 aromatic carbocycles. The molecule has 108 valence electrons. The van der Waals surface area contributed by atoms with Gasteiger partial charge < -0.3 is 5.32 Å². The van der Waals surface area contributed by atoms with Crippen LogP contribution in [0.15, 0.2) is 9.85 Å². The van der Waals surface area contributed by atoms with Crippen molar-refractivity contribution in [2.75, 3.05) is 0 Å². The average molecular weight is 359 g/mol. The van der Waals surface area contributed by atoms with Crippen molar-refractivity contribution in [1.29, 1.82) is 0 Å². The summed E-state index contributed by atoms with van der Waals surface area (Å²) in [6, 6.07) is -0.945. The molecule has 7 heteroatoms. The molecule has 1 N–H and O–H groups in total. The molecule has 3 amide bonds. The Balaban J connectivity index is 2.12. The van der Waals surface area contributed by atoms with Gasteiger partial charge in [-0.2, -0.15) is 0 Å². The summed E-state index contributed by atoms with van der Waals surface area (Å²) < 4.78 is 0.734. The molecule has 1 atom stereocenters. The minimum atomic E-state index is -0.758. The number of nitrogens with one attached hydrogen (secondary N) is 1. The molecule has 1 aliphatic heterocycles. The van der Waals surface area contributed by atoms with Crippen molar-refractivity contribution in [3.8, 4) is 0 Å². The first-order chi connectivity index (χ1) is 9.32. The Kier molecular flexibility index (Phi) is 4.29. The van der Waals surface area contributed by atoms with E-state index < -0.39 is 6.04 Å². The van der Waals surface area contributed by atoms with Crippen molar-refractivity contribution < 1.29 is 14.4 Å². The molecule has 2 heterocycles. The largest absolute Gasteiger partial charge is 0.339 e. The van der Waals surface area contributed by atoms with Crippen LogP contribution in [0.4, 0.5) is 0 Å². The second-order valence-electron chi connectivity index (χ2n) is 4.99. The van der Waals surface area contributed by atoms with Gasteiger partial charge >= 0.3 is 0 Å². The van der Waals surface area contributed by atoms with Gasteiger partial charge in [-0.15, -0.1) is 11.3 Å². The first-order valence-corrected chi connectivity index (χ1v) is 7.90. The third-order valence-corrected chi connectivity index (χ3v) is 5.49. The van der Waals surface area contributed by atoms with Gasteiger partial charge in [-0.1, -0.05) is 0 Å². The van der Waals surface area contributed by atoms with E-state index in [4.69, 9.17) is 0 Å². The molecular weight excluding hydrogens is 344 g/mol. The molecule has 1 unspecified atom stereocenters. The van der Waals surface area contributed by atoms with Crippen LogP contribution in [0.25, 0.3) is 0 Å². The first kappa shape index (κ1) is 15.2. The minimum absolute atomic E-state index is 0.0325. The molecule has 1 fully saturated rings. The number of hydrogen-bond acceptors (Lipinski definition) is 4. The summed E-state index contributed by atoms with van der Waals surface area (Å²) in [7, 11) is 0. The van der Waals surface area contributed by atoms with Gasteiger partial charge in [-0.05, 0) is 47.6 Å². The average Bonchev–Trinajstić information content (AvgIpc) is 2.81. The van der Waals surface area contributed by atoms with Crippen LogP contribution in [0, 0.1) is 6.92 Å². The standard InChI is InChI=1S/C13H15BrN2O3S/c1-6(2)16-9(17)4-8(13(16)19)15-12(18)11-10(14)7(3)5-20-11/h5-6,8H,4H2,1-3H3,(H,15,18). The second-order valence-corrected chi connectivity index (χ2v) is 6.66. The Hall–Kier alpha value is -1.21. The van der Waals surface area contributed by atoms with Crippen LogP contribution in [0.3, 0.4) is 0 Å². The maximum atomic E-state index is 12.2. The number of thiophene rings is 1. The van der Waals surface area contributed by atoms with Gasteiger partial charge in [-0.3, -0.25) is 19.3 Å². The Morgan fingerprint density at radius 3 is 2.60 bits per heavy atom. The number of amides is 3. The molecule has 2 rings (SSSR count). The van der Waals surface area contributed by atoms with Crippen LogP contribution in [0.5, 0.6) is 0 Å². The van der Waals surface area contributed by atoms with Gasteiger partial charge in [-0.25, -0.2) is 0 Å². The molecule has 1 aliphatic rings. The molecule has 0 bridgehead atoms. The maximum Gasteiger partial charge on any atom is 0.263 e. The second kappa shape index (κ2) is 5.65. The zero-order valence-electron chi connectivity index (χ0n) is 11.4. The fraction of sp³-hybridized carbons (Fsp3) is 0.462. The third kappa shape index (κ3) is 2.64. The van der Waals surface area contributed by atoms with Crippen LogP contribution in [0.2, 0.25) is 0 Å². The number of hydrogen-bond donors (Lipinski definition) is 1. The number of nitrogens with zero attached hydrogens (tertiary/aromatic N) is 1.